The molecule has 1 fully saturated rings. The average molecular weight is 346 g/mol. The van der Waals surface area contributed by atoms with E-state index >= 15 is 0 Å². The lowest BCUT2D eigenvalue weighted by Crippen LogP contribution is -2.43. The smallest absolute Gasteiger partial charge is 0.383 e. The predicted octanol–water partition coefficient (Wildman–Crippen LogP) is 1.97. The van der Waals surface area contributed by atoms with Crippen LogP contribution in [-0.2, 0) is 10.9 Å². The number of aromatic nitrogens is 1. The van der Waals surface area contributed by atoms with Crippen molar-refractivity contribution in [3.8, 4) is 0 Å². The summed E-state index contributed by atoms with van der Waals surface area (Å²) in [6, 6.07) is 2.24. The minimum Gasteiger partial charge on any atom is -0.383 e. The standard InChI is InChI=1S/C15H21F3N4O2/c1-24-10-5-19-14(23)22-7-2-6-21(8-9-22)13-4-3-12(11-20-13)15(16,17)18/h3-4,11H,2,5-10H2,1H3,(H,19,23). The van der Waals surface area contributed by atoms with Crippen molar-refractivity contribution in [3.05, 3.63) is 23.9 Å². The number of pyridine rings is 1. The molecular weight excluding hydrogens is 325 g/mol. The molecule has 2 heterocycles. The van der Waals surface area contributed by atoms with Crippen LogP contribution in [0.4, 0.5) is 23.8 Å². The van der Waals surface area contributed by atoms with Crippen LogP contribution in [0.25, 0.3) is 0 Å². The lowest BCUT2D eigenvalue weighted by molar-refractivity contribution is -0.137. The maximum atomic E-state index is 12.6. The van der Waals surface area contributed by atoms with Gasteiger partial charge in [0.1, 0.15) is 5.82 Å². The molecule has 1 N–H and O–H groups in total. The topological polar surface area (TPSA) is 57.7 Å². The lowest BCUT2D eigenvalue weighted by atomic mass is 10.2. The number of nitrogens with zero attached hydrogens (tertiary/aromatic N) is 3. The van der Waals surface area contributed by atoms with Gasteiger partial charge >= 0.3 is 12.2 Å². The van der Waals surface area contributed by atoms with Crippen molar-refractivity contribution >= 4 is 11.8 Å². The second kappa shape index (κ2) is 8.18. The molecule has 1 aromatic heterocycles. The van der Waals surface area contributed by atoms with Gasteiger partial charge in [-0.1, -0.05) is 0 Å². The Kier molecular flexibility index (Phi) is 6.24. The summed E-state index contributed by atoms with van der Waals surface area (Å²) in [5, 5.41) is 2.76. The highest BCUT2D eigenvalue weighted by Gasteiger charge is 2.31. The van der Waals surface area contributed by atoms with Crippen LogP contribution in [0.2, 0.25) is 0 Å². The monoisotopic (exact) mass is 346 g/mol. The highest BCUT2D eigenvalue weighted by molar-refractivity contribution is 5.74. The molecule has 134 valence electrons. The maximum absolute atomic E-state index is 12.6. The molecule has 1 aromatic rings. The Hall–Kier alpha value is -2.03. The normalized spacial score (nSPS) is 16.0. The second-order valence-electron chi connectivity index (χ2n) is 5.46. The van der Waals surface area contributed by atoms with Gasteiger partial charge in [0.15, 0.2) is 0 Å². The number of nitrogens with one attached hydrogen (secondary N) is 1. The first-order valence-electron chi connectivity index (χ1n) is 7.71. The van der Waals surface area contributed by atoms with Gasteiger partial charge in [-0.15, -0.1) is 0 Å². The van der Waals surface area contributed by atoms with Crippen molar-refractivity contribution in [1.82, 2.24) is 15.2 Å². The van der Waals surface area contributed by atoms with Gasteiger partial charge in [0.2, 0.25) is 0 Å². The summed E-state index contributed by atoms with van der Waals surface area (Å²) < 4.78 is 42.6. The number of ether oxygens (including phenoxy) is 1. The first kappa shape index (κ1) is 18.3. The van der Waals surface area contributed by atoms with Crippen LogP contribution in [0.15, 0.2) is 18.3 Å². The van der Waals surface area contributed by atoms with Crippen molar-refractivity contribution in [2.75, 3.05) is 51.3 Å². The Bertz CT molecular complexity index is 537. The van der Waals surface area contributed by atoms with Gasteiger partial charge in [0.25, 0.3) is 0 Å². The number of rotatable bonds is 4. The number of hydrogen-bond acceptors (Lipinski definition) is 4. The molecule has 2 amide bonds. The highest BCUT2D eigenvalue weighted by atomic mass is 19.4. The molecule has 0 bridgehead atoms. The fourth-order valence-corrected chi connectivity index (χ4v) is 2.46. The average Bonchev–Trinajstić information content (AvgIpc) is 2.80. The molecule has 9 heteroatoms. The number of halogens is 3. The minimum absolute atomic E-state index is 0.158. The molecule has 0 unspecified atom stereocenters. The minimum atomic E-state index is -4.39. The molecule has 0 radical (unpaired) electrons. The Balaban J connectivity index is 1.92. The van der Waals surface area contributed by atoms with Gasteiger partial charge in [0.05, 0.1) is 12.2 Å². The molecule has 6 nitrogen and oxygen atoms in total. The SMILES string of the molecule is COCCNC(=O)N1CCCN(c2ccc(C(F)(F)F)cn2)CC1. The Morgan fingerprint density at radius 2 is 2.08 bits per heavy atom. The number of urea groups is 1. The molecule has 24 heavy (non-hydrogen) atoms. The van der Waals surface area contributed by atoms with E-state index in [2.05, 4.69) is 10.3 Å². The van der Waals surface area contributed by atoms with E-state index in [4.69, 9.17) is 4.74 Å². The summed E-state index contributed by atoms with van der Waals surface area (Å²) in [5.41, 5.74) is -0.764. The Labute approximate surface area is 138 Å². The van der Waals surface area contributed by atoms with Gasteiger partial charge in [0, 0.05) is 46.0 Å². The molecular formula is C15H21F3N4O2. The van der Waals surface area contributed by atoms with Gasteiger partial charge in [-0.05, 0) is 18.6 Å². The molecule has 1 aliphatic heterocycles. The van der Waals surface area contributed by atoms with E-state index in [-0.39, 0.29) is 6.03 Å². The van der Waals surface area contributed by atoms with Crippen molar-refractivity contribution in [2.24, 2.45) is 0 Å². The summed E-state index contributed by atoms with van der Waals surface area (Å²) in [4.78, 5) is 19.5. The summed E-state index contributed by atoms with van der Waals surface area (Å²) >= 11 is 0. The summed E-state index contributed by atoms with van der Waals surface area (Å²) in [6.07, 6.45) is -2.82. The van der Waals surface area contributed by atoms with Crippen LogP contribution >= 0.6 is 0 Å². The van der Waals surface area contributed by atoms with Crippen LogP contribution < -0.4 is 10.2 Å². The number of carbonyl (C=O) groups is 1. The first-order chi connectivity index (χ1) is 11.4. The van der Waals surface area contributed by atoms with Gasteiger partial charge in [-0.2, -0.15) is 13.2 Å². The molecule has 1 saturated heterocycles. The van der Waals surface area contributed by atoms with Gasteiger partial charge in [-0.25, -0.2) is 9.78 Å². The highest BCUT2D eigenvalue weighted by Crippen LogP contribution is 2.29. The van der Waals surface area contributed by atoms with E-state index in [0.29, 0.717) is 45.1 Å². The number of alkyl halides is 3. The van der Waals surface area contributed by atoms with E-state index in [9.17, 15) is 18.0 Å². The van der Waals surface area contributed by atoms with Crippen LogP contribution in [0, 0.1) is 0 Å². The fourth-order valence-electron chi connectivity index (χ4n) is 2.46. The van der Waals surface area contributed by atoms with Gasteiger partial charge in [-0.3, -0.25) is 0 Å². The van der Waals surface area contributed by atoms with E-state index in [1.165, 1.54) is 6.07 Å². The zero-order valence-electron chi connectivity index (χ0n) is 13.5. The third-order valence-corrected chi connectivity index (χ3v) is 3.76. The van der Waals surface area contributed by atoms with Crippen molar-refractivity contribution in [2.45, 2.75) is 12.6 Å². The molecule has 0 aliphatic carbocycles. The number of hydrogen-bond donors (Lipinski definition) is 1. The molecule has 0 atom stereocenters. The van der Waals surface area contributed by atoms with E-state index in [1.54, 1.807) is 12.0 Å². The first-order valence-corrected chi connectivity index (χ1v) is 7.71. The molecule has 0 saturated carbocycles. The summed E-state index contributed by atoms with van der Waals surface area (Å²) in [5.74, 6) is 0.490. The van der Waals surface area contributed by atoms with Crippen LogP contribution in [0.3, 0.4) is 0 Å². The molecule has 0 aromatic carbocycles. The van der Waals surface area contributed by atoms with Crippen LogP contribution in [0.5, 0.6) is 0 Å². The van der Waals surface area contributed by atoms with E-state index < -0.39 is 11.7 Å². The van der Waals surface area contributed by atoms with Crippen LogP contribution in [0.1, 0.15) is 12.0 Å². The van der Waals surface area contributed by atoms with E-state index in [0.717, 1.165) is 18.7 Å². The predicted molar refractivity (Wildman–Crippen MR) is 82.9 cm³/mol. The molecule has 0 spiro atoms. The second-order valence-corrected chi connectivity index (χ2v) is 5.46. The third kappa shape index (κ3) is 4.98. The van der Waals surface area contributed by atoms with Crippen molar-refractivity contribution < 1.29 is 22.7 Å². The number of methoxy groups -OCH3 is 1. The molecule has 1 aliphatic rings. The van der Waals surface area contributed by atoms with Gasteiger partial charge < -0.3 is 19.9 Å². The largest absolute Gasteiger partial charge is 0.417 e. The summed E-state index contributed by atoms with van der Waals surface area (Å²) in [6.45, 7) is 3.13. The van der Waals surface area contributed by atoms with Crippen molar-refractivity contribution in [1.29, 1.82) is 0 Å². The number of carbonyl (C=O) groups excluding carboxylic acids is 1. The summed E-state index contributed by atoms with van der Waals surface area (Å²) in [7, 11) is 1.56. The zero-order valence-corrected chi connectivity index (χ0v) is 13.5. The number of amides is 2. The lowest BCUT2D eigenvalue weighted by Gasteiger charge is -2.23. The number of anilines is 1. The van der Waals surface area contributed by atoms with E-state index in [1.807, 2.05) is 4.90 Å². The Morgan fingerprint density at radius 3 is 2.71 bits per heavy atom. The zero-order chi connectivity index (χ0) is 17.6. The van der Waals surface area contributed by atoms with Crippen LogP contribution in [-0.4, -0.2) is 62.4 Å². The third-order valence-electron chi connectivity index (χ3n) is 3.76. The van der Waals surface area contributed by atoms with Crippen molar-refractivity contribution in [3.63, 3.8) is 0 Å². The Morgan fingerprint density at radius 1 is 1.29 bits per heavy atom. The maximum Gasteiger partial charge on any atom is 0.417 e. The molecule has 2 rings (SSSR count). The fraction of sp³-hybridized carbons (Fsp3) is 0.600. The quantitative estimate of drug-likeness (QED) is 0.847.